The van der Waals surface area contributed by atoms with Crippen LogP contribution in [0, 0.1) is 0 Å². The number of carbonyl (C=O) groups is 2. The average molecular weight is 426 g/mol. The zero-order chi connectivity index (χ0) is 24.7. The topological polar surface area (TPSA) is 66.0 Å². The number of anilines is 2. The maximum absolute atomic E-state index is 12.3. The first-order valence-electron chi connectivity index (χ1n) is 12.1. The molecule has 0 radical (unpaired) electrons. The van der Waals surface area contributed by atoms with Gasteiger partial charge < -0.3 is 19.4 Å². The number of nitrogens with zero attached hydrogens (tertiary/aromatic N) is 4. The second kappa shape index (κ2) is 8.21. The van der Waals surface area contributed by atoms with Crippen molar-refractivity contribution in [3.05, 3.63) is 42.2 Å². The summed E-state index contributed by atoms with van der Waals surface area (Å²) in [6.07, 6.45) is 3.97. The largest absolute Gasteiger partial charge is 0.444 e. The van der Waals surface area contributed by atoms with Crippen LogP contribution in [-0.4, -0.2) is 60.6 Å². The molecule has 7 nitrogen and oxygen atoms in total. The number of benzene rings is 1. The third-order valence-electron chi connectivity index (χ3n) is 5.53. The van der Waals surface area contributed by atoms with E-state index < -0.39 is 12.6 Å². The second-order valence-corrected chi connectivity index (χ2v) is 8.96. The Morgan fingerprint density at radius 3 is 2.55 bits per heavy atom. The van der Waals surface area contributed by atoms with E-state index in [1.807, 2.05) is 39.0 Å². The number of aromatic nitrogens is 1. The number of carbonyl (C=O) groups excluding carboxylic acids is 2. The molecule has 0 N–H and O–H groups in total. The van der Waals surface area contributed by atoms with Gasteiger partial charge in [-0.2, -0.15) is 0 Å². The number of piperazine rings is 1. The lowest BCUT2D eigenvalue weighted by Gasteiger charge is -2.36. The van der Waals surface area contributed by atoms with Gasteiger partial charge in [0.15, 0.2) is 0 Å². The van der Waals surface area contributed by atoms with E-state index in [1.165, 1.54) is 0 Å². The first-order valence-corrected chi connectivity index (χ1v) is 10.6. The summed E-state index contributed by atoms with van der Waals surface area (Å²) in [6.45, 7) is 5.55. The fourth-order valence-electron chi connectivity index (χ4n) is 3.90. The molecule has 0 aliphatic carbocycles. The second-order valence-electron chi connectivity index (χ2n) is 8.96. The third kappa shape index (κ3) is 4.65. The highest BCUT2D eigenvalue weighted by atomic mass is 16.6. The van der Waals surface area contributed by atoms with Crippen molar-refractivity contribution in [2.75, 3.05) is 43.0 Å². The van der Waals surface area contributed by atoms with Gasteiger partial charge in [-0.3, -0.25) is 9.78 Å². The number of pyridine rings is 1. The molecule has 1 fully saturated rings. The lowest BCUT2D eigenvalue weighted by Crippen LogP contribution is -2.50. The fraction of sp³-hybridized carbons (Fsp3) is 0.458. The van der Waals surface area contributed by atoms with Crippen LogP contribution in [0.25, 0.3) is 11.1 Å². The van der Waals surface area contributed by atoms with Crippen LogP contribution in [0.1, 0.15) is 36.9 Å². The van der Waals surface area contributed by atoms with Gasteiger partial charge in [0, 0.05) is 61.1 Å². The van der Waals surface area contributed by atoms with Crippen molar-refractivity contribution in [1.82, 2.24) is 9.88 Å². The molecular weight excluding hydrogens is 392 g/mol. The van der Waals surface area contributed by atoms with Crippen molar-refractivity contribution in [1.29, 1.82) is 0 Å². The molecule has 31 heavy (non-hydrogen) atoms. The molecule has 164 valence electrons. The molecular formula is C24H30N4O3. The predicted molar refractivity (Wildman–Crippen MR) is 121 cm³/mol. The first-order chi connectivity index (χ1) is 15.9. The van der Waals surface area contributed by atoms with Gasteiger partial charge in [0.25, 0.3) is 0 Å². The van der Waals surface area contributed by atoms with E-state index in [2.05, 4.69) is 9.88 Å². The van der Waals surface area contributed by atoms with E-state index >= 15 is 0 Å². The SMILES string of the molecule is [2H]C([2H])([2H])N1C(=O)CCc2cc(-c3cncc(N4CCN(C(=O)OC(C)(C)C)CC4)c3)ccc21. The molecule has 2 aliphatic rings. The van der Waals surface area contributed by atoms with Crippen LogP contribution in [0.15, 0.2) is 36.7 Å². The Bertz CT molecular complexity index is 1090. The highest BCUT2D eigenvalue weighted by Gasteiger charge is 2.26. The van der Waals surface area contributed by atoms with Crippen molar-refractivity contribution in [3.63, 3.8) is 0 Å². The van der Waals surface area contributed by atoms with Crippen molar-refractivity contribution in [3.8, 4) is 11.1 Å². The van der Waals surface area contributed by atoms with Crippen LogP contribution < -0.4 is 9.80 Å². The monoisotopic (exact) mass is 425 g/mol. The van der Waals surface area contributed by atoms with Crippen molar-refractivity contribution < 1.29 is 18.4 Å². The first kappa shape index (κ1) is 17.6. The molecule has 2 aliphatic heterocycles. The summed E-state index contributed by atoms with van der Waals surface area (Å²) in [6, 6.07) is 7.53. The van der Waals surface area contributed by atoms with E-state index in [-0.39, 0.29) is 18.4 Å². The number of rotatable bonds is 2. The number of hydrogen-bond donors (Lipinski definition) is 0. The molecule has 7 heteroatoms. The van der Waals surface area contributed by atoms with E-state index in [0.717, 1.165) is 27.3 Å². The van der Waals surface area contributed by atoms with Gasteiger partial charge in [0.05, 0.1) is 11.9 Å². The Morgan fingerprint density at radius 2 is 1.84 bits per heavy atom. The quantitative estimate of drug-likeness (QED) is 0.734. The fourth-order valence-corrected chi connectivity index (χ4v) is 3.90. The highest BCUT2D eigenvalue weighted by Crippen LogP contribution is 2.32. The molecule has 0 unspecified atom stereocenters. The summed E-state index contributed by atoms with van der Waals surface area (Å²) in [5.74, 6) is -0.380. The van der Waals surface area contributed by atoms with Gasteiger partial charge in [-0.05, 0) is 56.5 Å². The molecule has 1 aromatic heterocycles. The van der Waals surface area contributed by atoms with Crippen LogP contribution in [0.4, 0.5) is 16.2 Å². The van der Waals surface area contributed by atoms with Crippen molar-refractivity contribution in [2.45, 2.75) is 39.2 Å². The molecule has 2 amide bonds. The summed E-state index contributed by atoms with van der Waals surface area (Å²) in [5, 5.41) is 0. The van der Waals surface area contributed by atoms with E-state index in [9.17, 15) is 9.59 Å². The maximum Gasteiger partial charge on any atom is 0.410 e. The molecule has 0 saturated carbocycles. The summed E-state index contributed by atoms with van der Waals surface area (Å²) < 4.78 is 28.6. The smallest absolute Gasteiger partial charge is 0.410 e. The number of fused-ring (bicyclic) bond motifs is 1. The molecule has 3 heterocycles. The minimum atomic E-state index is -2.50. The van der Waals surface area contributed by atoms with Crippen molar-refractivity contribution in [2.24, 2.45) is 0 Å². The van der Waals surface area contributed by atoms with Gasteiger partial charge in [-0.15, -0.1) is 0 Å². The van der Waals surface area contributed by atoms with E-state index in [4.69, 9.17) is 8.85 Å². The Morgan fingerprint density at radius 1 is 1.06 bits per heavy atom. The lowest BCUT2D eigenvalue weighted by molar-refractivity contribution is -0.118. The lowest BCUT2D eigenvalue weighted by atomic mass is 9.96. The minimum absolute atomic E-state index is 0.176. The molecule has 1 saturated heterocycles. The Balaban J connectivity index is 1.50. The van der Waals surface area contributed by atoms with Crippen LogP contribution >= 0.6 is 0 Å². The van der Waals surface area contributed by atoms with Crippen molar-refractivity contribution >= 4 is 23.4 Å². The van der Waals surface area contributed by atoms with E-state index in [0.29, 0.717) is 38.3 Å². The number of ether oxygens (including phenoxy) is 1. The molecule has 4 rings (SSSR count). The Hall–Kier alpha value is -3.09. The van der Waals surface area contributed by atoms with Gasteiger partial charge in [0.1, 0.15) is 5.60 Å². The zero-order valence-corrected chi connectivity index (χ0v) is 18.2. The summed E-state index contributed by atoms with van der Waals surface area (Å²) in [7, 11) is 0. The molecule has 1 aromatic carbocycles. The number of amides is 2. The number of aryl methyl sites for hydroxylation is 1. The summed E-state index contributed by atoms with van der Waals surface area (Å²) in [4.78, 5) is 33.8. The zero-order valence-electron chi connectivity index (χ0n) is 21.2. The molecule has 0 atom stereocenters. The highest BCUT2D eigenvalue weighted by molar-refractivity contribution is 5.96. The standard InChI is InChI=1S/C24H30N4O3/c1-24(2,3)31-23(30)28-11-9-27(10-12-28)20-14-19(15-25-16-20)17-5-7-21-18(13-17)6-8-22(29)26(21)4/h5,7,13-16H,6,8-12H2,1-4H3/i4D3. The Kier molecular flexibility index (Phi) is 4.65. The summed E-state index contributed by atoms with van der Waals surface area (Å²) in [5.41, 5.74) is 3.55. The third-order valence-corrected chi connectivity index (χ3v) is 5.53. The van der Waals surface area contributed by atoms with Gasteiger partial charge in [0.2, 0.25) is 5.91 Å². The normalized spacial score (nSPS) is 18.7. The molecule has 2 aromatic rings. The Labute approximate surface area is 187 Å². The van der Waals surface area contributed by atoms with Gasteiger partial charge in [-0.1, -0.05) is 6.07 Å². The molecule has 0 bridgehead atoms. The van der Waals surface area contributed by atoms with Gasteiger partial charge >= 0.3 is 6.09 Å². The van der Waals surface area contributed by atoms with Crippen LogP contribution in [0.3, 0.4) is 0 Å². The van der Waals surface area contributed by atoms with Crippen LogP contribution in [-0.2, 0) is 16.0 Å². The van der Waals surface area contributed by atoms with Crippen LogP contribution in [0.5, 0.6) is 0 Å². The minimum Gasteiger partial charge on any atom is -0.444 e. The van der Waals surface area contributed by atoms with Gasteiger partial charge in [-0.25, -0.2) is 4.79 Å². The predicted octanol–water partition coefficient (Wildman–Crippen LogP) is 3.71. The molecule has 0 spiro atoms. The number of hydrogen-bond acceptors (Lipinski definition) is 5. The average Bonchev–Trinajstić information content (AvgIpc) is 2.77. The van der Waals surface area contributed by atoms with E-state index in [1.54, 1.807) is 23.4 Å². The maximum atomic E-state index is 12.3. The van der Waals surface area contributed by atoms with Crippen LogP contribution in [0.2, 0.25) is 0 Å². The summed E-state index contributed by atoms with van der Waals surface area (Å²) >= 11 is 0.